The lowest BCUT2D eigenvalue weighted by Gasteiger charge is -2.23. The molecular weight excluding hydrogens is 316 g/mol. The summed E-state index contributed by atoms with van der Waals surface area (Å²) in [5, 5.41) is -0.0770. The molecule has 1 aromatic rings. The van der Waals surface area contributed by atoms with Gasteiger partial charge in [0, 0.05) is 19.8 Å². The van der Waals surface area contributed by atoms with E-state index < -0.39 is 20.4 Å². The molecular formula is C8H13ClN4O4S2. The summed E-state index contributed by atoms with van der Waals surface area (Å²) in [4.78, 5) is 0. The molecule has 11 heteroatoms. The lowest BCUT2D eigenvalue weighted by atomic mass is 10.3. The third-order valence-electron chi connectivity index (χ3n) is 2.12. The van der Waals surface area contributed by atoms with Gasteiger partial charge in [0.05, 0.1) is 10.7 Å². The smallest absolute Gasteiger partial charge is 0.315 e. The zero-order chi connectivity index (χ0) is 14.8. The fourth-order valence-electron chi connectivity index (χ4n) is 1.22. The van der Waals surface area contributed by atoms with Gasteiger partial charge in [0.25, 0.3) is 0 Å². The van der Waals surface area contributed by atoms with Crippen LogP contribution in [-0.4, -0.2) is 30.9 Å². The van der Waals surface area contributed by atoms with Crippen LogP contribution in [0, 0.1) is 0 Å². The molecule has 0 aliphatic carbocycles. The van der Waals surface area contributed by atoms with E-state index >= 15 is 0 Å². The second-order valence-corrected chi connectivity index (χ2v) is 7.41. The maximum absolute atomic E-state index is 11.9. The van der Waals surface area contributed by atoms with E-state index in [9.17, 15) is 16.8 Å². The van der Waals surface area contributed by atoms with Crippen molar-refractivity contribution in [2.24, 2.45) is 0 Å². The minimum atomic E-state index is -4.33. The van der Waals surface area contributed by atoms with Gasteiger partial charge >= 0.3 is 20.4 Å². The van der Waals surface area contributed by atoms with Gasteiger partial charge in [-0.05, 0) is 18.2 Å². The summed E-state index contributed by atoms with van der Waals surface area (Å²) in [6.07, 6.45) is 0. The van der Waals surface area contributed by atoms with Gasteiger partial charge in [-0.3, -0.25) is 0 Å². The molecule has 0 aliphatic heterocycles. The molecule has 4 N–H and O–H groups in total. The lowest BCUT2D eigenvalue weighted by Crippen LogP contribution is -2.47. The second-order valence-electron chi connectivity index (χ2n) is 3.33. The summed E-state index contributed by atoms with van der Waals surface area (Å²) < 4.78 is 51.4. The highest BCUT2D eigenvalue weighted by molar-refractivity contribution is 8.08. The molecule has 19 heavy (non-hydrogen) atoms. The number of hydrogen-bond acceptors (Lipinski definition) is 5. The van der Waals surface area contributed by atoms with Gasteiger partial charge in [-0.2, -0.15) is 26.3 Å². The van der Waals surface area contributed by atoms with Gasteiger partial charge in [0.1, 0.15) is 0 Å². The average Bonchev–Trinajstić information content (AvgIpc) is 2.33. The first-order chi connectivity index (χ1) is 8.65. The molecule has 0 aliphatic rings. The van der Waals surface area contributed by atoms with Crippen LogP contribution in [0.3, 0.4) is 0 Å². The van der Waals surface area contributed by atoms with Crippen LogP contribution in [0.15, 0.2) is 18.2 Å². The zero-order valence-electron chi connectivity index (χ0n) is 10.1. The average molecular weight is 329 g/mol. The number of nitrogen functional groups attached to an aromatic ring is 1. The van der Waals surface area contributed by atoms with Gasteiger partial charge < -0.3 is 5.73 Å². The zero-order valence-corrected chi connectivity index (χ0v) is 12.5. The summed E-state index contributed by atoms with van der Waals surface area (Å²) >= 11 is 5.84. The maximum Gasteiger partial charge on any atom is 0.315 e. The third kappa shape index (κ3) is 3.28. The van der Waals surface area contributed by atoms with Gasteiger partial charge in [-0.1, -0.05) is 11.6 Å². The van der Waals surface area contributed by atoms with Crippen molar-refractivity contribution in [3.8, 4) is 0 Å². The normalized spacial score (nSPS) is 12.4. The maximum atomic E-state index is 11.9. The summed E-state index contributed by atoms with van der Waals surface area (Å²) in [7, 11) is -6.50. The first-order valence-electron chi connectivity index (χ1n) is 4.88. The fraction of sp³-hybridized carbons (Fsp3) is 0.250. The molecule has 0 heterocycles. The molecule has 0 amide bonds. The van der Waals surface area contributed by atoms with Crippen LogP contribution in [0.25, 0.3) is 0 Å². The van der Waals surface area contributed by atoms with Crippen molar-refractivity contribution in [3.05, 3.63) is 23.2 Å². The van der Waals surface area contributed by atoms with E-state index in [0.29, 0.717) is 0 Å². The van der Waals surface area contributed by atoms with Crippen molar-refractivity contribution >= 4 is 43.4 Å². The number of hydrogen-bond donors (Lipinski definition) is 3. The number of benzene rings is 1. The van der Waals surface area contributed by atoms with E-state index in [4.69, 9.17) is 17.3 Å². The van der Waals surface area contributed by atoms with Gasteiger partial charge in [0.15, 0.2) is 0 Å². The van der Waals surface area contributed by atoms with Crippen molar-refractivity contribution in [3.63, 3.8) is 0 Å². The van der Waals surface area contributed by atoms with Crippen molar-refractivity contribution in [2.45, 2.75) is 0 Å². The summed E-state index contributed by atoms with van der Waals surface area (Å²) in [5.74, 6) is 0. The fourth-order valence-corrected chi connectivity index (χ4v) is 4.16. The van der Waals surface area contributed by atoms with Crippen molar-refractivity contribution in [1.29, 1.82) is 0 Å². The molecule has 0 bridgehead atoms. The standard InChI is InChI=1S/C8H13ClN4O4S2/c1-11-18(14,15)13(19(16,17)12-2)8-5-6(10)3-4-7(8)9/h3-5,11-12H,10H2,1-2H3. The third-order valence-corrected chi connectivity index (χ3v) is 5.91. The number of halogens is 1. The van der Waals surface area contributed by atoms with E-state index in [1.165, 1.54) is 12.1 Å². The predicted octanol–water partition coefficient (Wildman–Crippen LogP) is -0.343. The quantitative estimate of drug-likeness (QED) is 0.638. The van der Waals surface area contributed by atoms with Crippen molar-refractivity contribution in [2.75, 3.05) is 23.5 Å². The molecule has 8 nitrogen and oxygen atoms in total. The molecule has 0 fully saturated rings. The topological polar surface area (TPSA) is 122 Å². The Morgan fingerprint density at radius 1 is 1.11 bits per heavy atom. The molecule has 1 rings (SSSR count). The molecule has 1 aromatic carbocycles. The van der Waals surface area contributed by atoms with Crippen molar-refractivity contribution < 1.29 is 16.8 Å². The van der Waals surface area contributed by atoms with Crippen LogP contribution in [-0.2, 0) is 20.4 Å². The molecule has 0 aromatic heterocycles. The Morgan fingerprint density at radius 2 is 1.58 bits per heavy atom. The van der Waals surface area contributed by atoms with Crippen LogP contribution in [0.1, 0.15) is 0 Å². The number of rotatable bonds is 5. The van der Waals surface area contributed by atoms with E-state index in [0.717, 1.165) is 20.2 Å². The van der Waals surface area contributed by atoms with E-state index in [2.05, 4.69) is 0 Å². The Labute approximate surface area is 116 Å². The van der Waals surface area contributed by atoms with E-state index in [-0.39, 0.29) is 20.1 Å². The van der Waals surface area contributed by atoms with Crippen molar-refractivity contribution in [1.82, 2.24) is 9.44 Å². The molecule has 0 radical (unpaired) electrons. The van der Waals surface area contributed by atoms with E-state index in [1.807, 2.05) is 9.44 Å². The highest BCUT2D eigenvalue weighted by Gasteiger charge is 2.34. The Bertz CT molecular complexity index is 640. The van der Waals surface area contributed by atoms with Gasteiger partial charge in [0.2, 0.25) is 0 Å². The Morgan fingerprint density at radius 3 is 2.00 bits per heavy atom. The van der Waals surface area contributed by atoms with Crippen LogP contribution < -0.4 is 18.9 Å². The second kappa shape index (κ2) is 5.51. The first kappa shape index (κ1) is 16.0. The van der Waals surface area contributed by atoms with Gasteiger partial charge in [-0.15, -0.1) is 3.71 Å². The summed E-state index contributed by atoms with van der Waals surface area (Å²) in [6.45, 7) is 0. The van der Waals surface area contributed by atoms with Crippen LogP contribution in [0.5, 0.6) is 0 Å². The van der Waals surface area contributed by atoms with Crippen LogP contribution in [0.2, 0.25) is 5.02 Å². The Hall–Kier alpha value is -1.07. The van der Waals surface area contributed by atoms with E-state index in [1.54, 1.807) is 0 Å². The highest BCUT2D eigenvalue weighted by atomic mass is 35.5. The SMILES string of the molecule is CNS(=O)(=O)N(c1cc(N)ccc1Cl)S(=O)(=O)NC. The number of nitrogens with zero attached hydrogens (tertiary/aromatic N) is 1. The molecule has 0 saturated heterocycles. The first-order valence-corrected chi connectivity index (χ1v) is 8.14. The number of nitrogens with two attached hydrogens (primary N) is 1. The largest absolute Gasteiger partial charge is 0.399 e. The Balaban J connectivity index is 3.63. The Kier molecular flexibility index (Phi) is 4.63. The molecule has 0 saturated carbocycles. The summed E-state index contributed by atoms with van der Waals surface area (Å²) in [5.41, 5.74) is 5.41. The number of nitrogens with one attached hydrogen (secondary N) is 2. The van der Waals surface area contributed by atoms with Crippen LogP contribution >= 0.6 is 11.6 Å². The minimum absolute atomic E-state index is 0.0770. The number of anilines is 2. The molecule has 108 valence electrons. The highest BCUT2D eigenvalue weighted by Crippen LogP contribution is 2.31. The molecule has 0 atom stereocenters. The van der Waals surface area contributed by atoms with Crippen LogP contribution in [0.4, 0.5) is 11.4 Å². The minimum Gasteiger partial charge on any atom is -0.399 e. The van der Waals surface area contributed by atoms with Gasteiger partial charge in [-0.25, -0.2) is 0 Å². The molecule has 0 unspecified atom stereocenters. The molecule has 0 spiro atoms. The summed E-state index contributed by atoms with van der Waals surface area (Å²) in [6, 6.07) is 3.86. The predicted molar refractivity (Wildman–Crippen MR) is 74.3 cm³/mol. The monoisotopic (exact) mass is 328 g/mol. The lowest BCUT2D eigenvalue weighted by molar-refractivity contribution is 0.575.